The summed E-state index contributed by atoms with van der Waals surface area (Å²) in [6.45, 7) is 1.78. The van der Waals surface area contributed by atoms with Crippen molar-refractivity contribution < 1.29 is 9.18 Å². The van der Waals surface area contributed by atoms with E-state index in [0.29, 0.717) is 11.3 Å². The zero-order valence-corrected chi connectivity index (χ0v) is 11.7. The fraction of sp³-hybridized carbons (Fsp3) is 0.0667. The smallest absolute Gasteiger partial charge is 0.255 e. The third kappa shape index (κ3) is 2.83. The standard InChI is InChI=1S/C15H12FN5O/c1-10-5-6-14(13(16)7-10)18-15(22)11-3-2-4-12(8-11)21-9-17-19-20-21/h2-9H,1H3,(H,18,22). The van der Waals surface area contributed by atoms with Crippen molar-refractivity contribution in [1.82, 2.24) is 20.2 Å². The summed E-state index contributed by atoms with van der Waals surface area (Å²) < 4.78 is 15.2. The molecule has 0 saturated carbocycles. The number of amides is 1. The maximum Gasteiger partial charge on any atom is 0.255 e. The lowest BCUT2D eigenvalue weighted by Gasteiger charge is -2.08. The molecule has 3 aromatic rings. The molecule has 0 fully saturated rings. The maximum atomic E-state index is 13.8. The van der Waals surface area contributed by atoms with Crippen molar-refractivity contribution in [2.45, 2.75) is 6.92 Å². The summed E-state index contributed by atoms with van der Waals surface area (Å²) in [7, 11) is 0. The number of anilines is 1. The molecule has 7 heteroatoms. The van der Waals surface area contributed by atoms with E-state index >= 15 is 0 Å². The van der Waals surface area contributed by atoms with Gasteiger partial charge in [0.1, 0.15) is 12.1 Å². The molecule has 1 heterocycles. The topological polar surface area (TPSA) is 72.7 Å². The van der Waals surface area contributed by atoms with Crippen LogP contribution in [0.25, 0.3) is 5.69 Å². The van der Waals surface area contributed by atoms with Gasteiger partial charge >= 0.3 is 0 Å². The minimum atomic E-state index is -0.468. The molecule has 1 amide bonds. The van der Waals surface area contributed by atoms with Gasteiger partial charge in [-0.3, -0.25) is 4.79 Å². The van der Waals surface area contributed by atoms with E-state index in [1.807, 2.05) is 0 Å². The average Bonchev–Trinajstić information content (AvgIpc) is 3.04. The zero-order chi connectivity index (χ0) is 15.5. The summed E-state index contributed by atoms with van der Waals surface area (Å²) in [5.41, 5.74) is 1.95. The fourth-order valence-corrected chi connectivity index (χ4v) is 1.99. The molecule has 0 spiro atoms. The Morgan fingerprint density at radius 1 is 1.23 bits per heavy atom. The Kier molecular flexibility index (Phi) is 3.61. The van der Waals surface area contributed by atoms with Crippen molar-refractivity contribution >= 4 is 11.6 Å². The van der Waals surface area contributed by atoms with Crippen LogP contribution in [0.1, 0.15) is 15.9 Å². The van der Waals surface area contributed by atoms with E-state index in [2.05, 4.69) is 20.8 Å². The van der Waals surface area contributed by atoms with Crippen LogP contribution in [-0.2, 0) is 0 Å². The predicted octanol–water partition coefficient (Wildman–Crippen LogP) is 2.36. The zero-order valence-electron chi connectivity index (χ0n) is 11.7. The molecule has 6 nitrogen and oxygen atoms in total. The molecular weight excluding hydrogens is 285 g/mol. The lowest BCUT2D eigenvalue weighted by atomic mass is 10.1. The monoisotopic (exact) mass is 297 g/mol. The van der Waals surface area contributed by atoms with E-state index in [9.17, 15) is 9.18 Å². The van der Waals surface area contributed by atoms with Gasteiger partial charge in [0.15, 0.2) is 0 Å². The number of nitrogens with zero attached hydrogens (tertiary/aromatic N) is 4. The molecule has 0 atom stereocenters. The molecule has 0 bridgehead atoms. The van der Waals surface area contributed by atoms with Crippen molar-refractivity contribution in [2.75, 3.05) is 5.32 Å². The summed E-state index contributed by atoms with van der Waals surface area (Å²) in [6.07, 6.45) is 1.43. The maximum absolute atomic E-state index is 13.8. The van der Waals surface area contributed by atoms with Gasteiger partial charge in [-0.1, -0.05) is 12.1 Å². The Morgan fingerprint density at radius 2 is 2.09 bits per heavy atom. The highest BCUT2D eigenvalue weighted by Crippen LogP contribution is 2.17. The van der Waals surface area contributed by atoms with Crippen LogP contribution in [0.3, 0.4) is 0 Å². The largest absolute Gasteiger partial charge is 0.319 e. The second-order valence-electron chi connectivity index (χ2n) is 4.74. The summed E-state index contributed by atoms with van der Waals surface area (Å²) in [4.78, 5) is 12.2. The number of carbonyl (C=O) groups is 1. The van der Waals surface area contributed by atoms with Crippen molar-refractivity contribution in [1.29, 1.82) is 0 Å². The molecule has 0 aliphatic rings. The minimum absolute atomic E-state index is 0.142. The van der Waals surface area contributed by atoms with Gasteiger partial charge < -0.3 is 5.32 Å². The highest BCUT2D eigenvalue weighted by atomic mass is 19.1. The Bertz CT molecular complexity index is 817. The quantitative estimate of drug-likeness (QED) is 0.805. The Hall–Kier alpha value is -3.09. The SMILES string of the molecule is Cc1ccc(NC(=O)c2cccc(-n3cnnn3)c2)c(F)c1. The van der Waals surface area contributed by atoms with E-state index < -0.39 is 11.7 Å². The molecule has 0 unspecified atom stereocenters. The molecule has 0 aliphatic carbocycles. The van der Waals surface area contributed by atoms with E-state index in [1.165, 1.54) is 23.1 Å². The molecule has 2 aromatic carbocycles. The Labute approximate surface area is 125 Å². The van der Waals surface area contributed by atoms with Crippen molar-refractivity contribution in [3.8, 4) is 5.69 Å². The molecule has 1 aromatic heterocycles. The van der Waals surface area contributed by atoms with Gasteiger partial charge in [-0.2, -0.15) is 0 Å². The van der Waals surface area contributed by atoms with Gasteiger partial charge in [-0.05, 0) is 53.2 Å². The molecular formula is C15H12FN5O. The Morgan fingerprint density at radius 3 is 2.82 bits per heavy atom. The number of nitrogens with one attached hydrogen (secondary N) is 1. The lowest BCUT2D eigenvalue weighted by Crippen LogP contribution is -2.13. The summed E-state index contributed by atoms with van der Waals surface area (Å²) in [6, 6.07) is 11.4. The molecule has 110 valence electrons. The number of tetrazole rings is 1. The lowest BCUT2D eigenvalue weighted by molar-refractivity contribution is 0.102. The summed E-state index contributed by atoms with van der Waals surface area (Å²) >= 11 is 0. The third-order valence-corrected chi connectivity index (χ3v) is 3.09. The number of benzene rings is 2. The van der Waals surface area contributed by atoms with E-state index in [-0.39, 0.29) is 5.69 Å². The Balaban J connectivity index is 1.85. The number of rotatable bonds is 3. The molecule has 3 rings (SSSR count). The highest BCUT2D eigenvalue weighted by Gasteiger charge is 2.10. The average molecular weight is 297 g/mol. The summed E-state index contributed by atoms with van der Waals surface area (Å²) in [5, 5.41) is 13.4. The third-order valence-electron chi connectivity index (χ3n) is 3.09. The number of hydrogen-bond donors (Lipinski definition) is 1. The first-order chi connectivity index (χ1) is 10.6. The second kappa shape index (κ2) is 5.72. The first kappa shape index (κ1) is 13.9. The van der Waals surface area contributed by atoms with Crippen molar-refractivity contribution in [3.63, 3.8) is 0 Å². The van der Waals surface area contributed by atoms with Gasteiger partial charge in [-0.25, -0.2) is 9.07 Å². The van der Waals surface area contributed by atoms with Crippen LogP contribution in [0, 0.1) is 12.7 Å². The molecule has 22 heavy (non-hydrogen) atoms. The number of aromatic nitrogens is 4. The second-order valence-corrected chi connectivity index (χ2v) is 4.74. The van der Waals surface area contributed by atoms with Gasteiger partial charge in [0.05, 0.1) is 11.4 Å². The van der Waals surface area contributed by atoms with E-state index in [4.69, 9.17) is 0 Å². The van der Waals surface area contributed by atoms with Crippen LogP contribution in [0.5, 0.6) is 0 Å². The normalized spacial score (nSPS) is 10.5. The molecule has 0 radical (unpaired) electrons. The number of aryl methyl sites for hydroxylation is 1. The first-order valence-corrected chi connectivity index (χ1v) is 6.54. The number of halogens is 1. The molecule has 0 saturated heterocycles. The molecule has 0 aliphatic heterocycles. The van der Waals surface area contributed by atoms with E-state index in [0.717, 1.165) is 5.56 Å². The van der Waals surface area contributed by atoms with Crippen molar-refractivity contribution in [2.24, 2.45) is 0 Å². The van der Waals surface area contributed by atoms with Crippen LogP contribution in [0.4, 0.5) is 10.1 Å². The number of carbonyl (C=O) groups excluding carboxylic acids is 1. The van der Waals surface area contributed by atoms with Crippen LogP contribution in [0.15, 0.2) is 48.8 Å². The van der Waals surface area contributed by atoms with Gasteiger partial charge in [0, 0.05) is 5.56 Å². The van der Waals surface area contributed by atoms with Gasteiger partial charge in [-0.15, -0.1) is 5.10 Å². The fourth-order valence-electron chi connectivity index (χ4n) is 1.99. The van der Waals surface area contributed by atoms with Crippen LogP contribution in [0.2, 0.25) is 0 Å². The van der Waals surface area contributed by atoms with Crippen LogP contribution >= 0.6 is 0 Å². The summed E-state index contributed by atoms with van der Waals surface area (Å²) in [5.74, 6) is -0.873. The minimum Gasteiger partial charge on any atom is -0.319 e. The van der Waals surface area contributed by atoms with Crippen molar-refractivity contribution in [3.05, 3.63) is 65.7 Å². The van der Waals surface area contributed by atoms with Crippen LogP contribution in [-0.4, -0.2) is 26.1 Å². The molecule has 1 N–H and O–H groups in total. The van der Waals surface area contributed by atoms with Gasteiger partial charge in [0.25, 0.3) is 5.91 Å². The van der Waals surface area contributed by atoms with Crippen LogP contribution < -0.4 is 5.32 Å². The number of hydrogen-bond acceptors (Lipinski definition) is 4. The first-order valence-electron chi connectivity index (χ1n) is 6.54. The highest BCUT2D eigenvalue weighted by molar-refractivity contribution is 6.04. The van der Waals surface area contributed by atoms with E-state index in [1.54, 1.807) is 37.3 Å². The predicted molar refractivity (Wildman–Crippen MR) is 78.2 cm³/mol. The van der Waals surface area contributed by atoms with Gasteiger partial charge in [0.2, 0.25) is 0 Å².